The van der Waals surface area contributed by atoms with Crippen LogP contribution in [0, 0.1) is 0 Å². The summed E-state index contributed by atoms with van der Waals surface area (Å²) in [7, 11) is 0. The minimum atomic E-state index is -0.304. The van der Waals surface area contributed by atoms with E-state index in [4.69, 9.17) is 0 Å². The highest BCUT2D eigenvalue weighted by Crippen LogP contribution is 2.15. The third kappa shape index (κ3) is 4.17. The second-order valence-electron chi connectivity index (χ2n) is 6.05. The molecule has 0 bridgehead atoms. The zero-order chi connectivity index (χ0) is 15.2. The van der Waals surface area contributed by atoms with Gasteiger partial charge in [0.05, 0.1) is 6.10 Å². The van der Waals surface area contributed by atoms with E-state index in [-0.39, 0.29) is 12.1 Å². The van der Waals surface area contributed by atoms with E-state index < -0.39 is 0 Å². The van der Waals surface area contributed by atoms with Crippen molar-refractivity contribution in [2.24, 2.45) is 0 Å². The van der Waals surface area contributed by atoms with Gasteiger partial charge < -0.3 is 10.4 Å². The fourth-order valence-electron chi connectivity index (χ4n) is 3.07. The summed E-state index contributed by atoms with van der Waals surface area (Å²) in [4.78, 5) is 2.33. The number of hydrogen-bond acceptors (Lipinski definition) is 3. The molecule has 1 fully saturated rings. The minimum Gasteiger partial charge on any atom is -0.390 e. The Bertz CT molecular complexity index is 558. The molecular weight excluding hydrogens is 272 g/mol. The van der Waals surface area contributed by atoms with Gasteiger partial charge in [0.2, 0.25) is 0 Å². The van der Waals surface area contributed by atoms with E-state index in [9.17, 15) is 5.11 Å². The summed E-state index contributed by atoms with van der Waals surface area (Å²) in [5.41, 5.74) is 2.58. The van der Waals surface area contributed by atoms with Gasteiger partial charge in [0, 0.05) is 32.2 Å². The number of rotatable bonds is 5. The first-order chi connectivity index (χ1) is 10.8. The number of nitrogens with zero attached hydrogens (tertiary/aromatic N) is 1. The van der Waals surface area contributed by atoms with Crippen LogP contribution in [0.4, 0.5) is 0 Å². The van der Waals surface area contributed by atoms with Crippen LogP contribution in [0.5, 0.6) is 0 Å². The number of aliphatic hydroxyl groups excluding tert-OH is 1. The van der Waals surface area contributed by atoms with Crippen molar-refractivity contribution < 1.29 is 5.11 Å². The Hall–Kier alpha value is -1.68. The maximum Gasteiger partial charge on any atom is 0.0820 e. The fraction of sp³-hybridized carbons (Fsp3) is 0.368. The summed E-state index contributed by atoms with van der Waals surface area (Å²) in [5.74, 6) is 0. The monoisotopic (exact) mass is 296 g/mol. The van der Waals surface area contributed by atoms with Crippen molar-refractivity contribution in [2.45, 2.75) is 31.7 Å². The Balaban J connectivity index is 1.48. The first-order valence-electron chi connectivity index (χ1n) is 8.03. The summed E-state index contributed by atoms with van der Waals surface area (Å²) >= 11 is 0. The summed E-state index contributed by atoms with van der Waals surface area (Å²) in [6, 6.07) is 21.0. The van der Waals surface area contributed by atoms with Gasteiger partial charge in [0.1, 0.15) is 0 Å². The van der Waals surface area contributed by atoms with E-state index in [0.717, 1.165) is 32.6 Å². The first kappa shape index (κ1) is 15.2. The molecule has 2 aromatic carbocycles. The van der Waals surface area contributed by atoms with Crippen LogP contribution in [-0.4, -0.2) is 35.2 Å². The van der Waals surface area contributed by atoms with Crippen molar-refractivity contribution in [3.05, 3.63) is 71.8 Å². The van der Waals surface area contributed by atoms with Crippen LogP contribution in [0.25, 0.3) is 0 Å². The molecule has 1 aliphatic rings. The number of piperidine rings is 1. The molecule has 2 aromatic rings. The summed E-state index contributed by atoms with van der Waals surface area (Å²) in [6.07, 6.45) is 0.682. The van der Waals surface area contributed by atoms with Gasteiger partial charge in [0.15, 0.2) is 0 Å². The van der Waals surface area contributed by atoms with Gasteiger partial charge in [-0.25, -0.2) is 0 Å². The van der Waals surface area contributed by atoms with Crippen molar-refractivity contribution in [2.75, 3.05) is 13.1 Å². The predicted molar refractivity (Wildman–Crippen MR) is 89.4 cm³/mol. The molecule has 0 radical (unpaired) electrons. The first-order valence-corrected chi connectivity index (χ1v) is 8.03. The largest absolute Gasteiger partial charge is 0.390 e. The molecular formula is C19H24N2O. The Labute approximate surface area is 132 Å². The van der Waals surface area contributed by atoms with E-state index in [0.29, 0.717) is 0 Å². The minimum absolute atomic E-state index is 0.187. The fourth-order valence-corrected chi connectivity index (χ4v) is 3.07. The maximum atomic E-state index is 10.4. The molecule has 2 atom stereocenters. The van der Waals surface area contributed by atoms with Gasteiger partial charge in [-0.1, -0.05) is 60.7 Å². The van der Waals surface area contributed by atoms with Crippen LogP contribution in [0.15, 0.2) is 60.7 Å². The van der Waals surface area contributed by atoms with Gasteiger partial charge in [0.25, 0.3) is 0 Å². The second kappa shape index (κ2) is 7.54. The predicted octanol–water partition coefficient (Wildman–Crippen LogP) is 2.41. The number of likely N-dealkylation sites (tertiary alicyclic amines) is 1. The molecule has 116 valence electrons. The SMILES string of the molecule is OC1CN(Cc2ccccc2)CCC1NCc1ccccc1. The van der Waals surface area contributed by atoms with E-state index in [1.54, 1.807) is 0 Å². The number of β-amino-alcohol motifs (C(OH)–C–C–N with tert-alkyl or cyclic N) is 1. The molecule has 0 spiro atoms. The van der Waals surface area contributed by atoms with Crippen molar-refractivity contribution in [1.29, 1.82) is 0 Å². The molecule has 3 heteroatoms. The summed E-state index contributed by atoms with van der Waals surface area (Å²) in [5, 5.41) is 13.9. The summed E-state index contributed by atoms with van der Waals surface area (Å²) in [6.45, 7) is 3.50. The van der Waals surface area contributed by atoms with Crippen molar-refractivity contribution >= 4 is 0 Å². The zero-order valence-electron chi connectivity index (χ0n) is 12.9. The summed E-state index contributed by atoms with van der Waals surface area (Å²) < 4.78 is 0. The second-order valence-corrected chi connectivity index (χ2v) is 6.05. The lowest BCUT2D eigenvalue weighted by atomic mass is 10.0. The molecule has 22 heavy (non-hydrogen) atoms. The lowest BCUT2D eigenvalue weighted by Gasteiger charge is -2.36. The lowest BCUT2D eigenvalue weighted by Crippen LogP contribution is -2.52. The molecule has 1 aliphatic heterocycles. The number of aliphatic hydroxyl groups is 1. The third-order valence-corrected chi connectivity index (χ3v) is 4.33. The average Bonchev–Trinajstić information content (AvgIpc) is 2.56. The molecule has 1 saturated heterocycles. The van der Waals surface area contributed by atoms with Crippen LogP contribution in [0.2, 0.25) is 0 Å². The topological polar surface area (TPSA) is 35.5 Å². The normalized spacial score (nSPS) is 22.6. The Morgan fingerprint density at radius 1 is 0.955 bits per heavy atom. The maximum absolute atomic E-state index is 10.4. The lowest BCUT2D eigenvalue weighted by molar-refractivity contribution is 0.0365. The van der Waals surface area contributed by atoms with E-state index in [1.165, 1.54) is 11.1 Å². The molecule has 0 aromatic heterocycles. The van der Waals surface area contributed by atoms with E-state index >= 15 is 0 Å². The third-order valence-electron chi connectivity index (χ3n) is 4.33. The molecule has 2 unspecified atom stereocenters. The van der Waals surface area contributed by atoms with E-state index in [1.807, 2.05) is 12.1 Å². The van der Waals surface area contributed by atoms with Crippen molar-refractivity contribution in [1.82, 2.24) is 10.2 Å². The van der Waals surface area contributed by atoms with E-state index in [2.05, 4.69) is 58.7 Å². The van der Waals surface area contributed by atoms with Crippen LogP contribution in [-0.2, 0) is 13.1 Å². The molecule has 1 heterocycles. The molecule has 0 saturated carbocycles. The van der Waals surface area contributed by atoms with Crippen LogP contribution in [0.3, 0.4) is 0 Å². The van der Waals surface area contributed by atoms with Crippen LogP contribution in [0.1, 0.15) is 17.5 Å². The highest BCUT2D eigenvalue weighted by molar-refractivity contribution is 5.15. The van der Waals surface area contributed by atoms with Gasteiger partial charge in [-0.05, 0) is 17.5 Å². The van der Waals surface area contributed by atoms with Crippen molar-refractivity contribution in [3.63, 3.8) is 0 Å². The molecule has 0 amide bonds. The molecule has 3 rings (SSSR count). The number of hydrogen-bond donors (Lipinski definition) is 2. The van der Waals surface area contributed by atoms with Gasteiger partial charge in [-0.15, -0.1) is 0 Å². The van der Waals surface area contributed by atoms with Gasteiger partial charge >= 0.3 is 0 Å². The quantitative estimate of drug-likeness (QED) is 0.889. The Morgan fingerprint density at radius 3 is 2.23 bits per heavy atom. The molecule has 0 aliphatic carbocycles. The highest BCUT2D eigenvalue weighted by atomic mass is 16.3. The molecule has 2 N–H and O–H groups in total. The van der Waals surface area contributed by atoms with Crippen molar-refractivity contribution in [3.8, 4) is 0 Å². The Kier molecular flexibility index (Phi) is 5.22. The number of nitrogens with one attached hydrogen (secondary N) is 1. The average molecular weight is 296 g/mol. The Morgan fingerprint density at radius 2 is 1.59 bits per heavy atom. The zero-order valence-corrected chi connectivity index (χ0v) is 12.9. The highest BCUT2D eigenvalue weighted by Gasteiger charge is 2.27. The van der Waals surface area contributed by atoms with Crippen LogP contribution >= 0.6 is 0 Å². The molecule has 3 nitrogen and oxygen atoms in total. The standard InChI is InChI=1S/C19H24N2O/c22-19-15-21(14-17-9-5-2-6-10-17)12-11-18(19)20-13-16-7-3-1-4-8-16/h1-10,18-20,22H,11-15H2. The smallest absolute Gasteiger partial charge is 0.0820 e. The van der Waals surface area contributed by atoms with Gasteiger partial charge in [-0.3, -0.25) is 4.90 Å². The van der Waals surface area contributed by atoms with Crippen LogP contribution < -0.4 is 5.32 Å². The van der Waals surface area contributed by atoms with Gasteiger partial charge in [-0.2, -0.15) is 0 Å². The number of benzene rings is 2.